The van der Waals surface area contributed by atoms with E-state index in [1.165, 1.54) is 0 Å². The monoisotopic (exact) mass is 355 g/mol. The highest BCUT2D eigenvalue weighted by Crippen LogP contribution is 2.39. The van der Waals surface area contributed by atoms with Crippen LogP contribution in [0.2, 0.25) is 0 Å². The number of anilines is 2. The number of rotatable bonds is 1. The van der Waals surface area contributed by atoms with Gasteiger partial charge in [-0.15, -0.1) is 0 Å². The molecule has 1 atom stereocenters. The molecule has 2 aliphatic heterocycles. The summed E-state index contributed by atoms with van der Waals surface area (Å²) in [5, 5.41) is 9.81. The predicted molar refractivity (Wildman–Crippen MR) is 90.6 cm³/mol. The quantitative estimate of drug-likeness (QED) is 0.734. The molecule has 0 aliphatic carbocycles. The van der Waals surface area contributed by atoms with Crippen molar-refractivity contribution in [2.24, 2.45) is 0 Å². The van der Waals surface area contributed by atoms with Crippen molar-refractivity contribution in [2.45, 2.75) is 6.04 Å². The Morgan fingerprint density at radius 3 is 2.55 bits per heavy atom. The molecule has 2 aromatic rings. The van der Waals surface area contributed by atoms with Crippen molar-refractivity contribution in [1.29, 1.82) is 0 Å². The largest absolute Gasteiger partial charge is 0.372 e. The van der Waals surface area contributed by atoms with Crippen LogP contribution in [0.1, 0.15) is 11.6 Å². The van der Waals surface area contributed by atoms with E-state index in [9.17, 15) is 4.79 Å². The standard InChI is InChI=1S/C17H14BrN3O/c18-11-6-2-1-5-10(11)16-15-14(9-19-17(15)22)20-12-7-3-4-8-13(12)21-16/h1-8,16,20-21H,9H2,(H,19,22). The summed E-state index contributed by atoms with van der Waals surface area (Å²) < 4.78 is 0.985. The minimum Gasteiger partial charge on any atom is -0.372 e. The highest BCUT2D eigenvalue weighted by atomic mass is 79.9. The molecule has 0 aromatic heterocycles. The van der Waals surface area contributed by atoms with Crippen LogP contribution >= 0.6 is 15.9 Å². The first-order valence-electron chi connectivity index (χ1n) is 7.12. The van der Waals surface area contributed by atoms with Crippen molar-refractivity contribution < 1.29 is 4.79 Å². The van der Waals surface area contributed by atoms with Gasteiger partial charge in [0, 0.05) is 10.2 Å². The Morgan fingerprint density at radius 1 is 1.00 bits per heavy atom. The smallest absolute Gasteiger partial charge is 0.251 e. The topological polar surface area (TPSA) is 53.2 Å². The van der Waals surface area contributed by atoms with Crippen LogP contribution in [-0.4, -0.2) is 12.5 Å². The maximum atomic E-state index is 12.3. The van der Waals surface area contributed by atoms with Crippen molar-refractivity contribution >= 4 is 33.2 Å². The van der Waals surface area contributed by atoms with Gasteiger partial charge in [0.1, 0.15) is 0 Å². The summed E-state index contributed by atoms with van der Waals surface area (Å²) in [4.78, 5) is 12.3. The van der Waals surface area contributed by atoms with Crippen LogP contribution in [-0.2, 0) is 4.79 Å². The zero-order valence-electron chi connectivity index (χ0n) is 11.7. The number of carbonyl (C=O) groups is 1. The lowest BCUT2D eigenvalue weighted by molar-refractivity contribution is -0.116. The molecule has 1 amide bonds. The predicted octanol–water partition coefficient (Wildman–Crippen LogP) is 3.41. The number of nitrogens with one attached hydrogen (secondary N) is 3. The SMILES string of the molecule is O=C1NCC2=C1C(c1ccccc1Br)Nc1ccccc1N2. The number of benzene rings is 2. The molecule has 3 N–H and O–H groups in total. The molecule has 0 spiro atoms. The fourth-order valence-corrected chi connectivity index (χ4v) is 3.48. The summed E-state index contributed by atoms with van der Waals surface area (Å²) in [6, 6.07) is 15.8. The summed E-state index contributed by atoms with van der Waals surface area (Å²) >= 11 is 3.60. The molecule has 22 heavy (non-hydrogen) atoms. The van der Waals surface area contributed by atoms with E-state index in [4.69, 9.17) is 0 Å². The van der Waals surface area contributed by atoms with Gasteiger partial charge in [-0.1, -0.05) is 46.3 Å². The van der Waals surface area contributed by atoms with Crippen LogP contribution in [0, 0.1) is 0 Å². The molecule has 2 heterocycles. The van der Waals surface area contributed by atoms with E-state index in [0.29, 0.717) is 6.54 Å². The summed E-state index contributed by atoms with van der Waals surface area (Å²) in [5.74, 6) is -0.0245. The minimum atomic E-state index is -0.191. The number of fused-ring (bicyclic) bond motifs is 1. The lowest BCUT2D eigenvalue weighted by atomic mass is 9.97. The zero-order valence-corrected chi connectivity index (χ0v) is 13.3. The Balaban J connectivity index is 1.90. The number of halogens is 1. The summed E-state index contributed by atoms with van der Waals surface area (Å²) in [6.45, 7) is 0.533. The Morgan fingerprint density at radius 2 is 1.73 bits per heavy atom. The molecule has 0 saturated carbocycles. The first-order chi connectivity index (χ1) is 10.7. The average molecular weight is 356 g/mol. The van der Waals surface area contributed by atoms with Gasteiger partial charge in [-0.2, -0.15) is 0 Å². The Hall–Kier alpha value is -2.27. The summed E-state index contributed by atoms with van der Waals surface area (Å²) in [5.41, 5.74) is 4.71. The van der Waals surface area contributed by atoms with Gasteiger partial charge in [-0.05, 0) is 23.8 Å². The molecular weight excluding hydrogens is 342 g/mol. The fourth-order valence-electron chi connectivity index (χ4n) is 2.96. The molecule has 2 aromatic carbocycles. The lowest BCUT2D eigenvalue weighted by Gasteiger charge is -2.21. The van der Waals surface area contributed by atoms with Crippen molar-refractivity contribution in [3.63, 3.8) is 0 Å². The number of carbonyl (C=O) groups excluding carboxylic acids is 1. The van der Waals surface area contributed by atoms with Gasteiger partial charge < -0.3 is 16.0 Å². The van der Waals surface area contributed by atoms with Crippen LogP contribution in [0.5, 0.6) is 0 Å². The molecule has 110 valence electrons. The number of hydrogen-bond acceptors (Lipinski definition) is 3. The van der Waals surface area contributed by atoms with Crippen molar-refractivity contribution in [3.8, 4) is 0 Å². The summed E-state index contributed by atoms with van der Waals surface area (Å²) in [7, 11) is 0. The van der Waals surface area contributed by atoms with Gasteiger partial charge in [-0.25, -0.2) is 0 Å². The van der Waals surface area contributed by atoms with Gasteiger partial charge in [0.15, 0.2) is 0 Å². The highest BCUT2D eigenvalue weighted by molar-refractivity contribution is 9.10. The third-order valence-corrected chi connectivity index (χ3v) is 4.74. The molecule has 2 aliphatic rings. The van der Waals surface area contributed by atoms with E-state index < -0.39 is 0 Å². The Kier molecular flexibility index (Phi) is 3.15. The molecular formula is C17H14BrN3O. The second kappa shape index (κ2) is 5.18. The molecule has 0 saturated heterocycles. The fraction of sp³-hybridized carbons (Fsp3) is 0.118. The maximum absolute atomic E-state index is 12.3. The van der Waals surface area contributed by atoms with Crippen LogP contribution in [0.3, 0.4) is 0 Å². The molecule has 5 heteroatoms. The number of para-hydroxylation sites is 2. The van der Waals surface area contributed by atoms with E-state index in [-0.39, 0.29) is 11.9 Å². The van der Waals surface area contributed by atoms with Crippen molar-refractivity contribution in [2.75, 3.05) is 17.2 Å². The van der Waals surface area contributed by atoms with E-state index in [1.54, 1.807) is 0 Å². The van der Waals surface area contributed by atoms with Gasteiger partial charge in [0.25, 0.3) is 5.91 Å². The maximum Gasteiger partial charge on any atom is 0.251 e. The molecule has 4 nitrogen and oxygen atoms in total. The summed E-state index contributed by atoms with van der Waals surface area (Å²) in [6.07, 6.45) is 0. The van der Waals surface area contributed by atoms with Crippen LogP contribution in [0.15, 0.2) is 64.3 Å². The van der Waals surface area contributed by atoms with Crippen LogP contribution in [0.25, 0.3) is 0 Å². The van der Waals surface area contributed by atoms with E-state index >= 15 is 0 Å². The van der Waals surface area contributed by atoms with Crippen molar-refractivity contribution in [1.82, 2.24) is 5.32 Å². The third-order valence-electron chi connectivity index (χ3n) is 4.01. The van der Waals surface area contributed by atoms with E-state index in [2.05, 4.69) is 31.9 Å². The Bertz CT molecular complexity index is 800. The second-order valence-electron chi connectivity index (χ2n) is 5.34. The third kappa shape index (κ3) is 2.09. The first-order valence-corrected chi connectivity index (χ1v) is 7.91. The van der Waals surface area contributed by atoms with Gasteiger partial charge in [-0.3, -0.25) is 4.79 Å². The molecule has 0 bridgehead atoms. The van der Waals surface area contributed by atoms with Gasteiger partial charge in [0.05, 0.1) is 29.5 Å². The lowest BCUT2D eigenvalue weighted by Crippen LogP contribution is -2.24. The molecule has 1 unspecified atom stereocenters. The van der Waals surface area contributed by atoms with E-state index in [1.807, 2.05) is 48.5 Å². The first kappa shape index (κ1) is 13.4. The second-order valence-corrected chi connectivity index (χ2v) is 6.20. The zero-order chi connectivity index (χ0) is 15.1. The van der Waals surface area contributed by atoms with Crippen LogP contribution in [0.4, 0.5) is 11.4 Å². The molecule has 0 radical (unpaired) electrons. The van der Waals surface area contributed by atoms with Crippen LogP contribution < -0.4 is 16.0 Å². The van der Waals surface area contributed by atoms with E-state index in [0.717, 1.165) is 32.7 Å². The minimum absolute atomic E-state index is 0.0245. The Labute approximate surface area is 136 Å². The van der Waals surface area contributed by atoms with Crippen molar-refractivity contribution in [3.05, 3.63) is 69.8 Å². The van der Waals surface area contributed by atoms with Gasteiger partial charge in [0.2, 0.25) is 0 Å². The molecule has 4 rings (SSSR count). The number of amides is 1. The molecule has 0 fully saturated rings. The normalized spacial score (nSPS) is 19.5. The average Bonchev–Trinajstić information content (AvgIpc) is 2.79. The number of hydrogen-bond donors (Lipinski definition) is 3. The highest BCUT2D eigenvalue weighted by Gasteiger charge is 2.34. The van der Waals surface area contributed by atoms with Gasteiger partial charge >= 0.3 is 0 Å².